The molecule has 4 nitrogen and oxygen atoms in total. The first-order valence-electron chi connectivity index (χ1n) is 7.88. The molecule has 122 valence electrons. The Labute approximate surface area is 133 Å². The lowest BCUT2D eigenvalue weighted by Crippen LogP contribution is -2.18. The van der Waals surface area contributed by atoms with E-state index in [1.54, 1.807) is 19.2 Å². The SMILES string of the molecule is C=C(CC(O)CCCCCC)C(=O)Nc1ccccc1OC. The molecule has 0 aliphatic rings. The van der Waals surface area contributed by atoms with E-state index in [2.05, 4.69) is 18.8 Å². The fourth-order valence-electron chi connectivity index (χ4n) is 2.24. The number of aliphatic hydroxyl groups excluding tert-OH is 1. The van der Waals surface area contributed by atoms with Gasteiger partial charge in [0.05, 0.1) is 18.9 Å². The van der Waals surface area contributed by atoms with Gasteiger partial charge in [-0.05, 0) is 18.6 Å². The number of para-hydroxylation sites is 2. The fraction of sp³-hybridized carbons (Fsp3) is 0.500. The molecule has 0 spiro atoms. The molecule has 1 aromatic carbocycles. The molecule has 1 unspecified atom stereocenters. The van der Waals surface area contributed by atoms with E-state index >= 15 is 0 Å². The van der Waals surface area contributed by atoms with Gasteiger partial charge in [-0.1, -0.05) is 51.3 Å². The number of carbonyl (C=O) groups excluding carboxylic acids is 1. The second-order valence-corrected chi connectivity index (χ2v) is 5.47. The summed E-state index contributed by atoms with van der Waals surface area (Å²) in [6.45, 7) is 5.93. The number of anilines is 1. The van der Waals surface area contributed by atoms with E-state index in [0.29, 0.717) is 29.9 Å². The highest BCUT2D eigenvalue weighted by Gasteiger charge is 2.14. The van der Waals surface area contributed by atoms with Crippen molar-refractivity contribution in [1.29, 1.82) is 0 Å². The van der Waals surface area contributed by atoms with Gasteiger partial charge in [0.1, 0.15) is 5.75 Å². The zero-order valence-corrected chi connectivity index (χ0v) is 13.6. The maximum Gasteiger partial charge on any atom is 0.251 e. The highest BCUT2D eigenvalue weighted by atomic mass is 16.5. The minimum Gasteiger partial charge on any atom is -0.495 e. The summed E-state index contributed by atoms with van der Waals surface area (Å²) in [5, 5.41) is 12.7. The lowest BCUT2D eigenvalue weighted by atomic mass is 10.0. The van der Waals surface area contributed by atoms with Crippen LogP contribution in [0.2, 0.25) is 0 Å². The smallest absolute Gasteiger partial charge is 0.251 e. The van der Waals surface area contributed by atoms with Gasteiger partial charge in [-0.15, -0.1) is 0 Å². The molecule has 2 N–H and O–H groups in total. The number of unbranched alkanes of at least 4 members (excludes halogenated alkanes) is 3. The molecule has 1 rings (SSSR count). The third kappa shape index (κ3) is 6.31. The van der Waals surface area contributed by atoms with E-state index in [9.17, 15) is 9.90 Å². The molecule has 0 bridgehead atoms. The maximum atomic E-state index is 12.1. The molecule has 22 heavy (non-hydrogen) atoms. The summed E-state index contributed by atoms with van der Waals surface area (Å²) in [5.41, 5.74) is 0.988. The number of methoxy groups -OCH3 is 1. The van der Waals surface area contributed by atoms with Crippen LogP contribution < -0.4 is 10.1 Å². The lowest BCUT2D eigenvalue weighted by Gasteiger charge is -2.14. The normalized spacial score (nSPS) is 11.8. The van der Waals surface area contributed by atoms with E-state index in [1.807, 2.05) is 12.1 Å². The second kappa shape index (κ2) is 10.0. The predicted octanol–water partition coefficient (Wildman–Crippen LogP) is 3.91. The number of rotatable bonds is 10. The molecule has 0 fully saturated rings. The van der Waals surface area contributed by atoms with Gasteiger partial charge < -0.3 is 15.2 Å². The third-order valence-electron chi connectivity index (χ3n) is 3.55. The molecular formula is C18H27NO3. The van der Waals surface area contributed by atoms with E-state index in [0.717, 1.165) is 12.8 Å². The Kier molecular flexibility index (Phi) is 8.30. The van der Waals surface area contributed by atoms with Gasteiger partial charge in [0.2, 0.25) is 0 Å². The monoisotopic (exact) mass is 305 g/mol. The average molecular weight is 305 g/mol. The summed E-state index contributed by atoms with van der Waals surface area (Å²) in [6, 6.07) is 7.21. The molecule has 0 aliphatic carbocycles. The first kappa shape index (κ1) is 18.2. The van der Waals surface area contributed by atoms with Crippen LogP contribution in [0.25, 0.3) is 0 Å². The number of ether oxygens (including phenoxy) is 1. The highest BCUT2D eigenvalue weighted by molar-refractivity contribution is 6.04. The van der Waals surface area contributed by atoms with E-state index < -0.39 is 6.10 Å². The molecule has 0 aromatic heterocycles. The first-order valence-corrected chi connectivity index (χ1v) is 7.88. The van der Waals surface area contributed by atoms with Crippen molar-refractivity contribution >= 4 is 11.6 Å². The van der Waals surface area contributed by atoms with Gasteiger partial charge in [0.25, 0.3) is 5.91 Å². The Balaban J connectivity index is 2.43. The Morgan fingerprint density at radius 3 is 2.73 bits per heavy atom. The van der Waals surface area contributed by atoms with Crippen molar-refractivity contribution in [2.75, 3.05) is 12.4 Å². The van der Waals surface area contributed by atoms with Crippen LogP contribution in [0.15, 0.2) is 36.4 Å². The topological polar surface area (TPSA) is 58.6 Å². The van der Waals surface area contributed by atoms with Crippen LogP contribution in [0, 0.1) is 0 Å². The molecule has 0 saturated carbocycles. The molecular weight excluding hydrogens is 278 g/mol. The van der Waals surface area contributed by atoms with Crippen LogP contribution in [-0.4, -0.2) is 24.2 Å². The Bertz CT molecular complexity index is 485. The number of hydrogen-bond donors (Lipinski definition) is 2. The van der Waals surface area contributed by atoms with Crippen LogP contribution in [0.5, 0.6) is 5.75 Å². The summed E-state index contributed by atoms with van der Waals surface area (Å²) >= 11 is 0. The summed E-state index contributed by atoms with van der Waals surface area (Å²) in [4.78, 5) is 12.1. The molecule has 1 amide bonds. The third-order valence-corrected chi connectivity index (χ3v) is 3.55. The summed E-state index contributed by atoms with van der Waals surface area (Å²) < 4.78 is 5.19. The van der Waals surface area contributed by atoms with Crippen molar-refractivity contribution in [2.45, 2.75) is 51.6 Å². The molecule has 1 aromatic rings. The number of amides is 1. The Morgan fingerprint density at radius 2 is 2.05 bits per heavy atom. The van der Waals surface area contributed by atoms with Crippen molar-refractivity contribution in [3.63, 3.8) is 0 Å². The molecule has 0 heterocycles. The second-order valence-electron chi connectivity index (χ2n) is 5.47. The van der Waals surface area contributed by atoms with Crippen molar-refractivity contribution in [3.8, 4) is 5.75 Å². The van der Waals surface area contributed by atoms with Gasteiger partial charge in [-0.3, -0.25) is 4.79 Å². The highest BCUT2D eigenvalue weighted by Crippen LogP contribution is 2.24. The number of hydrogen-bond acceptors (Lipinski definition) is 3. The number of carbonyl (C=O) groups is 1. The van der Waals surface area contributed by atoms with Gasteiger partial charge in [-0.25, -0.2) is 0 Å². The number of benzene rings is 1. The van der Waals surface area contributed by atoms with E-state index in [-0.39, 0.29) is 5.91 Å². The van der Waals surface area contributed by atoms with Gasteiger partial charge in [-0.2, -0.15) is 0 Å². The van der Waals surface area contributed by atoms with Crippen LogP contribution in [0.1, 0.15) is 45.4 Å². The molecule has 1 atom stereocenters. The minimum absolute atomic E-state index is 0.280. The van der Waals surface area contributed by atoms with Crippen molar-refractivity contribution < 1.29 is 14.6 Å². The number of aliphatic hydroxyl groups is 1. The Morgan fingerprint density at radius 1 is 1.32 bits per heavy atom. The standard InChI is InChI=1S/C18H27NO3/c1-4-5-6-7-10-15(20)13-14(2)18(21)19-16-11-8-9-12-17(16)22-3/h8-9,11-12,15,20H,2,4-7,10,13H2,1,3H3,(H,19,21). The van der Waals surface area contributed by atoms with Crippen molar-refractivity contribution in [2.24, 2.45) is 0 Å². The van der Waals surface area contributed by atoms with Gasteiger partial charge in [0, 0.05) is 12.0 Å². The zero-order chi connectivity index (χ0) is 16.4. The van der Waals surface area contributed by atoms with Crippen LogP contribution in [0.3, 0.4) is 0 Å². The molecule has 0 aliphatic heterocycles. The fourth-order valence-corrected chi connectivity index (χ4v) is 2.24. The summed E-state index contributed by atoms with van der Waals surface area (Å²) in [7, 11) is 1.56. The minimum atomic E-state index is -0.507. The maximum absolute atomic E-state index is 12.1. The average Bonchev–Trinajstić information content (AvgIpc) is 2.52. The zero-order valence-electron chi connectivity index (χ0n) is 13.6. The van der Waals surface area contributed by atoms with E-state index in [1.165, 1.54) is 12.8 Å². The van der Waals surface area contributed by atoms with Crippen LogP contribution in [-0.2, 0) is 4.79 Å². The summed E-state index contributed by atoms with van der Waals surface area (Å²) in [6.07, 6.45) is 4.96. The van der Waals surface area contributed by atoms with E-state index in [4.69, 9.17) is 4.74 Å². The van der Waals surface area contributed by atoms with Crippen LogP contribution >= 0.6 is 0 Å². The predicted molar refractivity (Wildman–Crippen MR) is 90.1 cm³/mol. The molecule has 4 heteroatoms. The molecule has 0 saturated heterocycles. The largest absolute Gasteiger partial charge is 0.495 e. The van der Waals surface area contributed by atoms with Crippen LogP contribution in [0.4, 0.5) is 5.69 Å². The quantitative estimate of drug-likeness (QED) is 0.509. The van der Waals surface area contributed by atoms with Crippen molar-refractivity contribution in [1.82, 2.24) is 0 Å². The van der Waals surface area contributed by atoms with Crippen molar-refractivity contribution in [3.05, 3.63) is 36.4 Å². The molecule has 0 radical (unpaired) electrons. The lowest BCUT2D eigenvalue weighted by molar-refractivity contribution is -0.113. The number of nitrogens with one attached hydrogen (secondary N) is 1. The van der Waals surface area contributed by atoms with Gasteiger partial charge >= 0.3 is 0 Å². The summed E-state index contributed by atoms with van der Waals surface area (Å²) in [5.74, 6) is 0.320. The Hall–Kier alpha value is -1.81. The van der Waals surface area contributed by atoms with Gasteiger partial charge in [0.15, 0.2) is 0 Å². The first-order chi connectivity index (χ1) is 10.6.